The molecule has 0 spiro atoms. The van der Waals surface area contributed by atoms with Crippen LogP contribution in [0, 0.1) is 0 Å². The molecular weight excluding hydrogens is 204 g/mol. The molecule has 1 aromatic carbocycles. The van der Waals surface area contributed by atoms with E-state index in [9.17, 15) is 4.79 Å². The van der Waals surface area contributed by atoms with E-state index in [2.05, 4.69) is 16.9 Å². The minimum atomic E-state index is 0.513. The van der Waals surface area contributed by atoms with Crippen molar-refractivity contribution in [3.8, 4) is 0 Å². The normalized spacial score (nSPS) is 10.3. The van der Waals surface area contributed by atoms with E-state index in [1.807, 2.05) is 6.07 Å². The molecular formula is C12H12N2O2. The number of carbonyl (C=O) groups excluding carboxylic acids is 1. The molecule has 0 saturated heterocycles. The number of aromatic nitrogens is 1. The summed E-state index contributed by atoms with van der Waals surface area (Å²) >= 11 is 0. The lowest BCUT2D eigenvalue weighted by molar-refractivity contribution is 0.517. The summed E-state index contributed by atoms with van der Waals surface area (Å²) in [4.78, 5) is 18.2. The lowest BCUT2D eigenvalue weighted by atomic mass is 10.2. The Morgan fingerprint density at radius 2 is 2.38 bits per heavy atom. The Hall–Kier alpha value is -1.93. The van der Waals surface area contributed by atoms with Crippen LogP contribution in [0.1, 0.15) is 25.7 Å². The Morgan fingerprint density at radius 1 is 1.50 bits per heavy atom. The van der Waals surface area contributed by atoms with Gasteiger partial charge in [-0.3, -0.25) is 0 Å². The van der Waals surface area contributed by atoms with Crippen LogP contribution in [0.2, 0.25) is 0 Å². The molecule has 0 aliphatic heterocycles. The highest BCUT2D eigenvalue weighted by atomic mass is 16.3. The van der Waals surface area contributed by atoms with E-state index in [1.165, 1.54) is 6.08 Å². The monoisotopic (exact) mass is 216 g/mol. The van der Waals surface area contributed by atoms with Gasteiger partial charge in [0.2, 0.25) is 6.08 Å². The molecule has 0 saturated carbocycles. The second-order valence-corrected chi connectivity index (χ2v) is 3.54. The van der Waals surface area contributed by atoms with Crippen molar-refractivity contribution >= 4 is 22.9 Å². The van der Waals surface area contributed by atoms with Crippen molar-refractivity contribution in [2.75, 3.05) is 0 Å². The zero-order valence-corrected chi connectivity index (χ0v) is 9.06. The lowest BCUT2D eigenvalue weighted by Gasteiger charge is -1.89. The number of fused-ring (bicyclic) bond motifs is 1. The van der Waals surface area contributed by atoms with Gasteiger partial charge < -0.3 is 4.42 Å². The molecule has 0 amide bonds. The Balaban J connectivity index is 2.44. The largest absolute Gasteiger partial charge is 0.441 e. The van der Waals surface area contributed by atoms with E-state index >= 15 is 0 Å². The second kappa shape index (κ2) is 4.73. The Kier molecular flexibility index (Phi) is 3.13. The van der Waals surface area contributed by atoms with Gasteiger partial charge in [-0.25, -0.2) is 9.78 Å². The first-order chi connectivity index (χ1) is 7.85. The molecule has 0 radical (unpaired) electrons. The zero-order chi connectivity index (χ0) is 11.4. The highest BCUT2D eigenvalue weighted by Crippen LogP contribution is 2.26. The minimum Gasteiger partial charge on any atom is -0.441 e. The van der Waals surface area contributed by atoms with Crippen LogP contribution >= 0.6 is 0 Å². The van der Waals surface area contributed by atoms with Gasteiger partial charge in [-0.1, -0.05) is 19.4 Å². The van der Waals surface area contributed by atoms with E-state index in [-0.39, 0.29) is 0 Å². The quantitative estimate of drug-likeness (QED) is 0.582. The van der Waals surface area contributed by atoms with Gasteiger partial charge in [0.25, 0.3) is 0 Å². The van der Waals surface area contributed by atoms with Gasteiger partial charge in [0.15, 0.2) is 11.5 Å². The molecule has 4 heteroatoms. The third-order valence-corrected chi connectivity index (χ3v) is 2.35. The number of para-hydroxylation sites is 1. The molecule has 0 aliphatic rings. The number of benzene rings is 1. The summed E-state index contributed by atoms with van der Waals surface area (Å²) in [6.07, 6.45) is 4.47. The predicted octanol–water partition coefficient (Wildman–Crippen LogP) is 3.14. The Bertz CT molecular complexity index is 539. The molecule has 2 aromatic rings. The maximum Gasteiger partial charge on any atom is 0.240 e. The van der Waals surface area contributed by atoms with Crippen LogP contribution in [0.15, 0.2) is 27.6 Å². The number of aryl methyl sites for hydroxylation is 1. The fourth-order valence-corrected chi connectivity index (χ4v) is 1.55. The number of rotatable bonds is 4. The van der Waals surface area contributed by atoms with E-state index < -0.39 is 0 Å². The first-order valence-electron chi connectivity index (χ1n) is 5.31. The van der Waals surface area contributed by atoms with Gasteiger partial charge in [-0.2, -0.15) is 4.99 Å². The summed E-state index contributed by atoms with van der Waals surface area (Å²) in [5.41, 5.74) is 1.82. The molecule has 0 fully saturated rings. The summed E-state index contributed by atoms with van der Waals surface area (Å²) in [5, 5.41) is 0. The average Bonchev–Trinajstić information content (AvgIpc) is 2.70. The predicted molar refractivity (Wildman–Crippen MR) is 60.4 cm³/mol. The fraction of sp³-hybridized carbons (Fsp3) is 0.333. The number of hydrogen-bond donors (Lipinski definition) is 0. The van der Waals surface area contributed by atoms with E-state index in [0.29, 0.717) is 22.7 Å². The highest BCUT2D eigenvalue weighted by Gasteiger charge is 2.08. The fourth-order valence-electron chi connectivity index (χ4n) is 1.55. The molecule has 1 heterocycles. The number of isocyanates is 1. The Labute approximate surface area is 93.0 Å². The molecule has 82 valence electrons. The van der Waals surface area contributed by atoms with Crippen LogP contribution in [0.5, 0.6) is 0 Å². The third kappa shape index (κ3) is 2.02. The lowest BCUT2D eigenvalue weighted by Crippen LogP contribution is -1.82. The minimum absolute atomic E-state index is 0.513. The Morgan fingerprint density at radius 3 is 3.12 bits per heavy atom. The van der Waals surface area contributed by atoms with Crippen LogP contribution < -0.4 is 0 Å². The van der Waals surface area contributed by atoms with Gasteiger partial charge in [-0.15, -0.1) is 0 Å². The molecule has 1 aromatic heterocycles. The van der Waals surface area contributed by atoms with Gasteiger partial charge in [-0.05, 0) is 18.6 Å². The van der Waals surface area contributed by atoms with Crippen molar-refractivity contribution in [1.82, 2.24) is 4.98 Å². The van der Waals surface area contributed by atoms with Crippen molar-refractivity contribution in [2.45, 2.75) is 26.2 Å². The molecule has 16 heavy (non-hydrogen) atoms. The molecule has 0 unspecified atom stereocenters. The van der Waals surface area contributed by atoms with E-state index in [4.69, 9.17) is 4.42 Å². The van der Waals surface area contributed by atoms with E-state index in [0.717, 1.165) is 19.3 Å². The molecule has 0 N–H and O–H groups in total. The number of nitrogens with zero attached hydrogens (tertiary/aromatic N) is 2. The van der Waals surface area contributed by atoms with E-state index in [1.54, 1.807) is 12.1 Å². The summed E-state index contributed by atoms with van der Waals surface area (Å²) in [6.45, 7) is 2.12. The van der Waals surface area contributed by atoms with Gasteiger partial charge in [0.05, 0.1) is 0 Å². The second-order valence-electron chi connectivity index (χ2n) is 3.54. The number of aliphatic imine (C=N–C) groups is 1. The first kappa shape index (κ1) is 10.6. The van der Waals surface area contributed by atoms with Gasteiger partial charge in [0, 0.05) is 6.42 Å². The molecule has 2 rings (SSSR count). The van der Waals surface area contributed by atoms with Crippen LogP contribution in [-0.2, 0) is 11.2 Å². The topological polar surface area (TPSA) is 55.5 Å². The summed E-state index contributed by atoms with van der Waals surface area (Å²) in [7, 11) is 0. The SMILES string of the molecule is CCCCc1nc2c(N=C=O)cccc2o1. The number of hydrogen-bond acceptors (Lipinski definition) is 4. The van der Waals surface area contributed by atoms with Crippen molar-refractivity contribution in [1.29, 1.82) is 0 Å². The zero-order valence-electron chi connectivity index (χ0n) is 9.06. The van der Waals surface area contributed by atoms with Crippen molar-refractivity contribution in [2.24, 2.45) is 4.99 Å². The van der Waals surface area contributed by atoms with Crippen LogP contribution in [0.25, 0.3) is 11.1 Å². The smallest absolute Gasteiger partial charge is 0.240 e. The molecule has 0 aliphatic carbocycles. The summed E-state index contributed by atoms with van der Waals surface area (Å²) in [6, 6.07) is 5.33. The van der Waals surface area contributed by atoms with Crippen LogP contribution in [0.3, 0.4) is 0 Å². The highest BCUT2D eigenvalue weighted by molar-refractivity contribution is 5.85. The van der Waals surface area contributed by atoms with Crippen molar-refractivity contribution in [3.63, 3.8) is 0 Å². The maximum absolute atomic E-state index is 10.2. The van der Waals surface area contributed by atoms with Gasteiger partial charge >= 0.3 is 0 Å². The first-order valence-corrected chi connectivity index (χ1v) is 5.31. The van der Waals surface area contributed by atoms with Gasteiger partial charge in [0.1, 0.15) is 11.2 Å². The van der Waals surface area contributed by atoms with Crippen molar-refractivity contribution < 1.29 is 9.21 Å². The average molecular weight is 216 g/mol. The summed E-state index contributed by atoms with van der Waals surface area (Å²) in [5.74, 6) is 0.699. The summed E-state index contributed by atoms with van der Waals surface area (Å²) < 4.78 is 5.56. The molecule has 0 bridgehead atoms. The standard InChI is InChI=1S/C12H12N2O2/c1-2-3-7-11-14-12-9(13-8-15)5-4-6-10(12)16-11/h4-6H,2-3,7H2,1H3. The number of oxazole rings is 1. The number of unbranched alkanes of at least 4 members (excludes halogenated alkanes) is 1. The maximum atomic E-state index is 10.2. The van der Waals surface area contributed by atoms with Crippen LogP contribution in [-0.4, -0.2) is 11.1 Å². The molecule has 0 atom stereocenters. The third-order valence-electron chi connectivity index (χ3n) is 2.35. The van der Waals surface area contributed by atoms with Crippen LogP contribution in [0.4, 0.5) is 5.69 Å². The molecule has 4 nitrogen and oxygen atoms in total. The van der Waals surface area contributed by atoms with Crippen molar-refractivity contribution in [3.05, 3.63) is 24.1 Å².